The third-order valence-corrected chi connectivity index (χ3v) is 3.88. The molecule has 4 heteroatoms. The lowest BCUT2D eigenvalue weighted by molar-refractivity contribution is -0.124. The van der Waals surface area contributed by atoms with Gasteiger partial charge < -0.3 is 10.4 Å². The van der Waals surface area contributed by atoms with Crippen molar-refractivity contribution in [3.8, 4) is 0 Å². The second kappa shape index (κ2) is 8.42. The maximum atomic E-state index is 11.7. The molecule has 112 valence electrons. The molecule has 20 heavy (non-hydrogen) atoms. The second-order valence-electron chi connectivity index (χ2n) is 5.65. The van der Waals surface area contributed by atoms with Gasteiger partial charge in [-0.1, -0.05) is 41.9 Å². The zero-order chi connectivity index (χ0) is 15.1. The van der Waals surface area contributed by atoms with E-state index in [0.717, 1.165) is 17.3 Å². The Bertz CT molecular complexity index is 417. The van der Waals surface area contributed by atoms with Gasteiger partial charge in [0.05, 0.1) is 12.5 Å². The van der Waals surface area contributed by atoms with E-state index in [9.17, 15) is 9.90 Å². The smallest absolute Gasteiger partial charge is 0.222 e. The zero-order valence-corrected chi connectivity index (χ0v) is 14.0. The van der Waals surface area contributed by atoms with Crippen LogP contribution in [0.2, 0.25) is 0 Å². The summed E-state index contributed by atoms with van der Waals surface area (Å²) < 4.78 is 1.07. The Morgan fingerprint density at radius 3 is 2.40 bits per heavy atom. The summed E-state index contributed by atoms with van der Waals surface area (Å²) in [6.45, 7) is 5.82. The van der Waals surface area contributed by atoms with Gasteiger partial charge in [-0.2, -0.15) is 0 Å². The molecule has 0 aliphatic rings. The number of rotatable bonds is 7. The van der Waals surface area contributed by atoms with E-state index in [4.69, 9.17) is 0 Å². The highest BCUT2D eigenvalue weighted by atomic mass is 79.9. The van der Waals surface area contributed by atoms with Gasteiger partial charge in [0.1, 0.15) is 0 Å². The van der Waals surface area contributed by atoms with Gasteiger partial charge in [0.15, 0.2) is 0 Å². The zero-order valence-electron chi connectivity index (χ0n) is 12.4. The Balaban J connectivity index is 2.31. The number of aryl methyl sites for hydroxylation is 1. The minimum Gasteiger partial charge on any atom is -0.392 e. The van der Waals surface area contributed by atoms with Gasteiger partial charge in [-0.25, -0.2) is 0 Å². The van der Waals surface area contributed by atoms with E-state index in [1.165, 1.54) is 5.56 Å². The van der Waals surface area contributed by atoms with Crippen LogP contribution in [0, 0.1) is 5.92 Å². The van der Waals surface area contributed by atoms with Crippen LogP contribution < -0.4 is 5.32 Å². The molecule has 2 atom stereocenters. The number of carbonyl (C=O) groups is 1. The van der Waals surface area contributed by atoms with Gasteiger partial charge in [-0.05, 0) is 43.4 Å². The van der Waals surface area contributed by atoms with Crippen molar-refractivity contribution in [1.29, 1.82) is 0 Å². The van der Waals surface area contributed by atoms with E-state index < -0.39 is 6.10 Å². The number of hydrogen-bond acceptors (Lipinski definition) is 2. The van der Waals surface area contributed by atoms with E-state index in [1.807, 2.05) is 32.9 Å². The molecule has 0 spiro atoms. The van der Waals surface area contributed by atoms with Crippen LogP contribution >= 0.6 is 15.9 Å². The lowest BCUT2D eigenvalue weighted by atomic mass is 10.0. The molecule has 0 radical (unpaired) electrons. The lowest BCUT2D eigenvalue weighted by Gasteiger charge is -2.17. The normalized spacial score (nSPS) is 14.1. The summed E-state index contributed by atoms with van der Waals surface area (Å²) in [7, 11) is 0. The summed E-state index contributed by atoms with van der Waals surface area (Å²) in [5.41, 5.74) is 1.26. The second-order valence-corrected chi connectivity index (χ2v) is 6.56. The molecule has 1 aromatic rings. The van der Waals surface area contributed by atoms with Crippen LogP contribution in [-0.4, -0.2) is 23.2 Å². The summed E-state index contributed by atoms with van der Waals surface area (Å²) in [4.78, 5) is 11.7. The standard InChI is InChI=1S/C16H24BrNO2/c1-11(2)15(19)10-16(20)18-12(3)4-5-13-6-8-14(17)9-7-13/h6-9,11-12,15,19H,4-5,10H2,1-3H3,(H,18,20). The van der Waals surface area contributed by atoms with Gasteiger partial charge in [0.25, 0.3) is 0 Å². The Morgan fingerprint density at radius 1 is 1.25 bits per heavy atom. The molecule has 0 aromatic heterocycles. The monoisotopic (exact) mass is 341 g/mol. The number of hydrogen-bond donors (Lipinski definition) is 2. The van der Waals surface area contributed by atoms with Crippen LogP contribution in [0.1, 0.15) is 39.2 Å². The molecule has 2 unspecified atom stereocenters. The van der Waals surface area contributed by atoms with Crippen LogP contribution in [0.3, 0.4) is 0 Å². The van der Waals surface area contributed by atoms with Crippen molar-refractivity contribution >= 4 is 21.8 Å². The average molecular weight is 342 g/mol. The van der Waals surface area contributed by atoms with Crippen molar-refractivity contribution in [3.05, 3.63) is 34.3 Å². The molecule has 0 heterocycles. The maximum Gasteiger partial charge on any atom is 0.222 e. The average Bonchev–Trinajstić information content (AvgIpc) is 2.37. The van der Waals surface area contributed by atoms with E-state index in [-0.39, 0.29) is 24.3 Å². The van der Waals surface area contributed by atoms with Crippen molar-refractivity contribution < 1.29 is 9.90 Å². The highest BCUT2D eigenvalue weighted by Gasteiger charge is 2.15. The van der Waals surface area contributed by atoms with Crippen molar-refractivity contribution in [2.75, 3.05) is 0 Å². The predicted octanol–water partition coefficient (Wildman–Crippen LogP) is 3.29. The Hall–Kier alpha value is -0.870. The van der Waals surface area contributed by atoms with Gasteiger partial charge in [-0.15, -0.1) is 0 Å². The molecular weight excluding hydrogens is 318 g/mol. The number of carbonyl (C=O) groups excluding carboxylic acids is 1. The highest BCUT2D eigenvalue weighted by molar-refractivity contribution is 9.10. The molecular formula is C16H24BrNO2. The van der Waals surface area contributed by atoms with Crippen LogP contribution in [0.4, 0.5) is 0 Å². The number of benzene rings is 1. The first-order valence-electron chi connectivity index (χ1n) is 7.10. The number of halogens is 1. The van der Waals surface area contributed by atoms with Gasteiger partial charge in [0, 0.05) is 10.5 Å². The lowest BCUT2D eigenvalue weighted by Crippen LogP contribution is -2.36. The molecule has 0 aliphatic carbocycles. The minimum absolute atomic E-state index is 0.0745. The molecule has 0 bridgehead atoms. The fraction of sp³-hybridized carbons (Fsp3) is 0.562. The van der Waals surface area contributed by atoms with Crippen LogP contribution in [-0.2, 0) is 11.2 Å². The summed E-state index contributed by atoms with van der Waals surface area (Å²) in [5, 5.41) is 12.6. The van der Waals surface area contributed by atoms with E-state index in [1.54, 1.807) is 0 Å². The molecule has 0 saturated carbocycles. The number of nitrogens with one attached hydrogen (secondary N) is 1. The molecule has 1 amide bonds. The van der Waals surface area contributed by atoms with Crippen molar-refractivity contribution in [2.24, 2.45) is 5.92 Å². The summed E-state index contributed by atoms with van der Waals surface area (Å²) in [6.07, 6.45) is 1.45. The number of aliphatic hydroxyl groups excluding tert-OH is 1. The quantitative estimate of drug-likeness (QED) is 0.799. The summed E-state index contributed by atoms with van der Waals surface area (Å²) in [6, 6.07) is 8.34. The summed E-state index contributed by atoms with van der Waals surface area (Å²) >= 11 is 3.41. The van der Waals surface area contributed by atoms with E-state index in [0.29, 0.717) is 0 Å². The largest absolute Gasteiger partial charge is 0.392 e. The third-order valence-electron chi connectivity index (χ3n) is 3.35. The Kier molecular flexibility index (Phi) is 7.24. The predicted molar refractivity (Wildman–Crippen MR) is 85.5 cm³/mol. The fourth-order valence-corrected chi connectivity index (χ4v) is 2.13. The van der Waals surface area contributed by atoms with Crippen molar-refractivity contribution in [1.82, 2.24) is 5.32 Å². The highest BCUT2D eigenvalue weighted by Crippen LogP contribution is 2.12. The SMILES string of the molecule is CC(CCc1ccc(Br)cc1)NC(=O)CC(O)C(C)C. The van der Waals surface area contributed by atoms with Crippen LogP contribution in [0.15, 0.2) is 28.7 Å². The van der Waals surface area contributed by atoms with E-state index >= 15 is 0 Å². The number of aliphatic hydroxyl groups is 1. The maximum absolute atomic E-state index is 11.7. The van der Waals surface area contributed by atoms with Gasteiger partial charge >= 0.3 is 0 Å². The first-order valence-corrected chi connectivity index (χ1v) is 7.89. The number of amides is 1. The van der Waals surface area contributed by atoms with Gasteiger partial charge in [-0.3, -0.25) is 4.79 Å². The molecule has 1 aromatic carbocycles. The minimum atomic E-state index is -0.561. The van der Waals surface area contributed by atoms with Crippen LogP contribution in [0.25, 0.3) is 0 Å². The first-order chi connectivity index (χ1) is 9.38. The van der Waals surface area contributed by atoms with Gasteiger partial charge in [0.2, 0.25) is 5.91 Å². The van der Waals surface area contributed by atoms with E-state index in [2.05, 4.69) is 33.4 Å². The molecule has 3 nitrogen and oxygen atoms in total. The molecule has 0 aliphatic heterocycles. The first kappa shape index (κ1) is 17.2. The fourth-order valence-electron chi connectivity index (χ4n) is 1.87. The van der Waals surface area contributed by atoms with Crippen LogP contribution in [0.5, 0.6) is 0 Å². The Morgan fingerprint density at radius 2 is 1.85 bits per heavy atom. The van der Waals surface area contributed by atoms with Crippen molar-refractivity contribution in [2.45, 2.75) is 52.2 Å². The summed E-state index contributed by atoms with van der Waals surface area (Å²) in [5.74, 6) is 0.0355. The Labute approximate surface area is 129 Å². The molecule has 1 rings (SSSR count). The molecule has 0 fully saturated rings. The topological polar surface area (TPSA) is 49.3 Å². The molecule has 0 saturated heterocycles. The third kappa shape index (κ3) is 6.53. The van der Waals surface area contributed by atoms with Crippen molar-refractivity contribution in [3.63, 3.8) is 0 Å². The molecule has 2 N–H and O–H groups in total.